The summed E-state index contributed by atoms with van der Waals surface area (Å²) in [5.41, 5.74) is 10.2. The van der Waals surface area contributed by atoms with Crippen molar-refractivity contribution in [2.45, 2.75) is 26.2 Å². The van der Waals surface area contributed by atoms with Crippen molar-refractivity contribution in [2.75, 3.05) is 0 Å². The number of rotatable bonds is 3. The Labute approximate surface area is 263 Å². The van der Waals surface area contributed by atoms with Gasteiger partial charge in [-0.1, -0.05) is 142 Å². The summed E-state index contributed by atoms with van der Waals surface area (Å²) in [6.07, 6.45) is 0. The fourth-order valence-corrected chi connectivity index (χ4v) is 7.45. The van der Waals surface area contributed by atoms with Crippen LogP contribution in [0.3, 0.4) is 0 Å². The first-order chi connectivity index (χ1) is 22.0. The first-order valence-electron chi connectivity index (χ1n) is 15.9. The Kier molecular flexibility index (Phi) is 5.53. The van der Waals surface area contributed by atoms with Crippen molar-refractivity contribution in [1.29, 1.82) is 0 Å². The van der Waals surface area contributed by atoms with Crippen LogP contribution in [0.1, 0.15) is 26.3 Å². The molecule has 214 valence electrons. The number of fused-ring (bicyclic) bond motifs is 3. The van der Waals surface area contributed by atoms with E-state index in [0.717, 1.165) is 0 Å². The second-order valence-electron chi connectivity index (χ2n) is 13.4. The van der Waals surface area contributed by atoms with E-state index < -0.39 is 0 Å². The number of nitrogens with zero attached hydrogens (tertiary/aromatic N) is 1. The summed E-state index contributed by atoms with van der Waals surface area (Å²) in [5.74, 6) is 0. The van der Waals surface area contributed by atoms with Gasteiger partial charge in [0, 0.05) is 16.5 Å². The van der Waals surface area contributed by atoms with Crippen molar-refractivity contribution in [2.24, 2.45) is 0 Å². The molecule has 0 N–H and O–H groups in total. The molecule has 0 saturated heterocycles. The van der Waals surface area contributed by atoms with E-state index in [9.17, 15) is 0 Å². The van der Waals surface area contributed by atoms with Gasteiger partial charge in [-0.05, 0) is 89.8 Å². The van der Waals surface area contributed by atoms with E-state index in [1.54, 1.807) is 0 Å². The molecule has 1 nitrogen and oxygen atoms in total. The summed E-state index contributed by atoms with van der Waals surface area (Å²) < 4.78 is 2.38. The van der Waals surface area contributed by atoms with E-state index in [1.165, 1.54) is 87.6 Å². The lowest BCUT2D eigenvalue weighted by Crippen LogP contribution is -2.10. The van der Waals surface area contributed by atoms with Gasteiger partial charge in [-0.2, -0.15) is 0 Å². The summed E-state index contributed by atoms with van der Waals surface area (Å²) in [6, 6.07) is 54.1. The van der Waals surface area contributed by atoms with Gasteiger partial charge in [0.2, 0.25) is 0 Å². The second kappa shape index (κ2) is 9.55. The molecule has 0 radical (unpaired) electrons. The SMILES string of the molecule is CC(C)(C)c1ccc(-c2ccc3ccc4ccc(-c5ccc(-n6c7ccccc7c7ccccc76)cc5)c5ccc2c3c45)cc1. The average Bonchev–Trinajstić information content (AvgIpc) is 3.41. The van der Waals surface area contributed by atoms with Crippen LogP contribution >= 0.6 is 0 Å². The van der Waals surface area contributed by atoms with E-state index in [4.69, 9.17) is 0 Å². The standard InChI is InChI=1S/C44H33N/c1-44(2,3)32-20-14-28(15-21-32)34-24-18-30-12-13-31-19-25-35(39-27-26-38(34)42(30)43(31)39)29-16-22-33(23-17-29)45-40-10-6-4-8-36(40)37-9-5-7-11-41(37)45/h4-27H,1-3H3. The monoisotopic (exact) mass is 575 g/mol. The van der Waals surface area contributed by atoms with Crippen LogP contribution in [0.5, 0.6) is 0 Å². The predicted octanol–water partition coefficient (Wildman–Crippen LogP) is 12.3. The smallest absolute Gasteiger partial charge is 0.0541 e. The number of aromatic nitrogens is 1. The highest BCUT2D eigenvalue weighted by atomic mass is 15.0. The van der Waals surface area contributed by atoms with Crippen LogP contribution in [0.2, 0.25) is 0 Å². The molecular formula is C44H33N. The summed E-state index contributed by atoms with van der Waals surface area (Å²) >= 11 is 0. The molecule has 0 aliphatic heterocycles. The van der Waals surface area contributed by atoms with E-state index in [0.29, 0.717) is 0 Å². The van der Waals surface area contributed by atoms with Crippen LogP contribution in [0.25, 0.3) is 82.1 Å². The second-order valence-corrected chi connectivity index (χ2v) is 13.4. The minimum Gasteiger partial charge on any atom is -0.309 e. The van der Waals surface area contributed by atoms with Gasteiger partial charge < -0.3 is 4.57 Å². The predicted molar refractivity (Wildman–Crippen MR) is 194 cm³/mol. The fraction of sp³-hybridized carbons (Fsp3) is 0.0909. The third-order valence-electron chi connectivity index (χ3n) is 9.74. The Morgan fingerprint density at radius 2 is 0.844 bits per heavy atom. The van der Waals surface area contributed by atoms with Gasteiger partial charge in [0.25, 0.3) is 0 Å². The lowest BCUT2D eigenvalue weighted by Gasteiger charge is -2.20. The third kappa shape index (κ3) is 3.94. The molecule has 0 unspecified atom stereocenters. The molecule has 0 atom stereocenters. The highest BCUT2D eigenvalue weighted by Gasteiger charge is 2.17. The quantitative estimate of drug-likeness (QED) is 0.185. The molecule has 0 spiro atoms. The van der Waals surface area contributed by atoms with Crippen LogP contribution in [0.4, 0.5) is 0 Å². The largest absolute Gasteiger partial charge is 0.309 e. The lowest BCUT2D eigenvalue weighted by atomic mass is 9.85. The molecule has 1 heteroatoms. The molecule has 45 heavy (non-hydrogen) atoms. The normalized spacial score (nSPS) is 12.3. The van der Waals surface area contributed by atoms with Crippen LogP contribution in [-0.4, -0.2) is 4.57 Å². The molecular weight excluding hydrogens is 542 g/mol. The van der Waals surface area contributed by atoms with Crippen molar-refractivity contribution in [3.63, 3.8) is 0 Å². The maximum atomic E-state index is 2.38. The van der Waals surface area contributed by atoms with Gasteiger partial charge in [0.1, 0.15) is 0 Å². The van der Waals surface area contributed by atoms with Crippen LogP contribution in [0.15, 0.2) is 146 Å². The maximum absolute atomic E-state index is 2.38. The average molecular weight is 576 g/mol. The number of benzene rings is 8. The van der Waals surface area contributed by atoms with Crippen LogP contribution < -0.4 is 0 Å². The van der Waals surface area contributed by atoms with Gasteiger partial charge in [-0.3, -0.25) is 0 Å². The van der Waals surface area contributed by atoms with Crippen molar-refractivity contribution in [3.8, 4) is 27.9 Å². The summed E-state index contributed by atoms with van der Waals surface area (Å²) in [5, 5.41) is 10.5. The van der Waals surface area contributed by atoms with Crippen molar-refractivity contribution >= 4 is 54.1 Å². The Bertz CT molecular complexity index is 2490. The molecule has 0 fully saturated rings. The molecule has 8 aromatic carbocycles. The summed E-state index contributed by atoms with van der Waals surface area (Å²) in [4.78, 5) is 0. The highest BCUT2D eigenvalue weighted by Crippen LogP contribution is 2.43. The first kappa shape index (κ1) is 26.0. The molecule has 1 aromatic heterocycles. The van der Waals surface area contributed by atoms with Gasteiger partial charge in [0.15, 0.2) is 0 Å². The minimum absolute atomic E-state index is 0.138. The van der Waals surface area contributed by atoms with Crippen LogP contribution in [-0.2, 0) is 5.41 Å². The Hall–Kier alpha value is -5.40. The third-order valence-corrected chi connectivity index (χ3v) is 9.74. The zero-order chi connectivity index (χ0) is 30.3. The number of hydrogen-bond donors (Lipinski definition) is 0. The van der Waals surface area contributed by atoms with Crippen LogP contribution in [0, 0.1) is 0 Å². The van der Waals surface area contributed by atoms with E-state index in [-0.39, 0.29) is 5.41 Å². The zero-order valence-corrected chi connectivity index (χ0v) is 25.8. The molecule has 0 bridgehead atoms. The minimum atomic E-state index is 0.138. The van der Waals surface area contributed by atoms with Gasteiger partial charge >= 0.3 is 0 Å². The van der Waals surface area contributed by atoms with E-state index >= 15 is 0 Å². The topological polar surface area (TPSA) is 4.93 Å². The molecule has 9 aromatic rings. The highest BCUT2D eigenvalue weighted by molar-refractivity contribution is 6.27. The van der Waals surface area contributed by atoms with Gasteiger partial charge in [-0.15, -0.1) is 0 Å². The van der Waals surface area contributed by atoms with Crippen molar-refractivity contribution < 1.29 is 0 Å². The summed E-state index contributed by atoms with van der Waals surface area (Å²) in [7, 11) is 0. The molecule has 9 rings (SSSR count). The van der Waals surface area contributed by atoms with Crippen molar-refractivity contribution in [3.05, 3.63) is 151 Å². The summed E-state index contributed by atoms with van der Waals surface area (Å²) in [6.45, 7) is 6.81. The Balaban J connectivity index is 1.20. The Morgan fingerprint density at radius 3 is 1.33 bits per heavy atom. The first-order valence-corrected chi connectivity index (χ1v) is 15.9. The van der Waals surface area contributed by atoms with E-state index in [2.05, 4.69) is 171 Å². The lowest BCUT2D eigenvalue weighted by molar-refractivity contribution is 0.590. The fourth-order valence-electron chi connectivity index (χ4n) is 7.45. The van der Waals surface area contributed by atoms with Crippen molar-refractivity contribution in [1.82, 2.24) is 4.57 Å². The molecule has 0 saturated carbocycles. The van der Waals surface area contributed by atoms with E-state index in [1.807, 2.05) is 0 Å². The molecule has 0 aliphatic carbocycles. The number of hydrogen-bond acceptors (Lipinski definition) is 0. The number of para-hydroxylation sites is 2. The molecule has 0 amide bonds. The maximum Gasteiger partial charge on any atom is 0.0541 e. The van der Waals surface area contributed by atoms with Gasteiger partial charge in [-0.25, -0.2) is 0 Å². The Morgan fingerprint density at radius 1 is 0.400 bits per heavy atom. The molecule has 0 aliphatic rings. The zero-order valence-electron chi connectivity index (χ0n) is 25.8. The molecule has 1 heterocycles. The van der Waals surface area contributed by atoms with Gasteiger partial charge in [0.05, 0.1) is 11.0 Å².